The Morgan fingerprint density at radius 2 is 2.31 bits per heavy atom. The molecule has 0 fully saturated rings. The first kappa shape index (κ1) is 10.7. The van der Waals surface area contributed by atoms with E-state index in [0.29, 0.717) is 11.9 Å². The summed E-state index contributed by atoms with van der Waals surface area (Å²) in [5.74, 6) is 1.01. The van der Waals surface area contributed by atoms with E-state index in [1.165, 1.54) is 11.1 Å². The van der Waals surface area contributed by atoms with Crippen molar-refractivity contribution < 1.29 is 0 Å². The van der Waals surface area contributed by atoms with Crippen LogP contribution >= 0.6 is 0 Å². The van der Waals surface area contributed by atoms with Gasteiger partial charge in [-0.2, -0.15) is 4.98 Å². The van der Waals surface area contributed by atoms with Crippen LogP contribution in [-0.4, -0.2) is 28.8 Å². The lowest BCUT2D eigenvalue weighted by atomic mass is 10.1. The molecule has 1 aliphatic rings. The van der Waals surface area contributed by atoms with Gasteiger partial charge in [-0.1, -0.05) is 17.7 Å². The Hall–Kier alpha value is -1.78. The van der Waals surface area contributed by atoms with Crippen LogP contribution in [0, 0.1) is 0 Å². The van der Waals surface area contributed by atoms with E-state index in [4.69, 9.17) is 5.73 Å². The number of rotatable bonds is 4. The molecule has 0 spiro atoms. The highest BCUT2D eigenvalue weighted by atomic mass is 15.4. The monoisotopic (exact) mass is 219 g/mol. The van der Waals surface area contributed by atoms with Crippen molar-refractivity contribution in [3.05, 3.63) is 23.3 Å². The largest absolute Gasteiger partial charge is 0.368 e. The summed E-state index contributed by atoms with van der Waals surface area (Å²) >= 11 is 0. The molecule has 5 heteroatoms. The van der Waals surface area contributed by atoms with E-state index < -0.39 is 0 Å². The molecule has 3 N–H and O–H groups in total. The Morgan fingerprint density at radius 3 is 2.88 bits per heavy atom. The number of nitrogens with one attached hydrogen (secondary N) is 1. The van der Waals surface area contributed by atoms with E-state index in [0.717, 1.165) is 19.4 Å². The number of nitrogens with two attached hydrogens (primary N) is 1. The maximum atomic E-state index is 5.48. The van der Waals surface area contributed by atoms with Crippen LogP contribution in [0.2, 0.25) is 0 Å². The SMILES string of the molecule is CC1=CCC=C1CCN(C)c1n[nH]c(N)n1. The lowest BCUT2D eigenvalue weighted by molar-refractivity contribution is 0.838. The smallest absolute Gasteiger partial charge is 0.246 e. The highest BCUT2D eigenvalue weighted by Crippen LogP contribution is 2.22. The zero-order chi connectivity index (χ0) is 11.5. The number of anilines is 2. The third kappa shape index (κ3) is 2.24. The lowest BCUT2D eigenvalue weighted by Crippen LogP contribution is -2.20. The van der Waals surface area contributed by atoms with Crippen LogP contribution in [0.1, 0.15) is 19.8 Å². The van der Waals surface area contributed by atoms with Gasteiger partial charge in [0.15, 0.2) is 0 Å². The molecular weight excluding hydrogens is 202 g/mol. The first-order valence-corrected chi connectivity index (χ1v) is 5.42. The number of allylic oxidation sites excluding steroid dienone is 3. The first-order chi connectivity index (χ1) is 7.66. The molecule has 0 bridgehead atoms. The van der Waals surface area contributed by atoms with E-state index in [2.05, 4.69) is 34.3 Å². The van der Waals surface area contributed by atoms with Crippen LogP contribution in [0.3, 0.4) is 0 Å². The molecule has 0 saturated carbocycles. The summed E-state index contributed by atoms with van der Waals surface area (Å²) < 4.78 is 0. The van der Waals surface area contributed by atoms with E-state index in [1.54, 1.807) is 0 Å². The molecule has 16 heavy (non-hydrogen) atoms. The summed E-state index contributed by atoms with van der Waals surface area (Å²) in [4.78, 5) is 6.08. The normalized spacial score (nSPS) is 14.9. The number of aromatic amines is 1. The highest BCUT2D eigenvalue weighted by Gasteiger charge is 2.09. The fraction of sp³-hybridized carbons (Fsp3) is 0.455. The molecule has 0 saturated heterocycles. The molecule has 5 nitrogen and oxygen atoms in total. The van der Waals surface area contributed by atoms with E-state index in [-0.39, 0.29) is 0 Å². The zero-order valence-corrected chi connectivity index (χ0v) is 9.70. The van der Waals surface area contributed by atoms with Crippen LogP contribution in [0.15, 0.2) is 23.3 Å². The van der Waals surface area contributed by atoms with Crippen LogP contribution in [-0.2, 0) is 0 Å². The van der Waals surface area contributed by atoms with Gasteiger partial charge < -0.3 is 10.6 Å². The van der Waals surface area contributed by atoms with Gasteiger partial charge in [-0.15, -0.1) is 5.10 Å². The number of H-pyrrole nitrogens is 1. The molecular formula is C11H17N5. The number of hydrogen-bond acceptors (Lipinski definition) is 4. The molecule has 0 radical (unpaired) electrons. The fourth-order valence-electron chi connectivity index (χ4n) is 1.79. The second kappa shape index (κ2) is 4.38. The van der Waals surface area contributed by atoms with Gasteiger partial charge in [0.25, 0.3) is 0 Å². The standard InChI is InChI=1S/C11H17N5/c1-8-4-3-5-9(8)6-7-16(2)11-13-10(12)14-15-11/h4-5H,3,6-7H2,1-2H3,(H3,12,13,14,15). The number of nitrogen functional groups attached to an aromatic ring is 1. The summed E-state index contributed by atoms with van der Waals surface area (Å²) in [5, 5.41) is 6.65. The summed E-state index contributed by atoms with van der Waals surface area (Å²) in [6.45, 7) is 3.05. The third-order valence-electron chi connectivity index (χ3n) is 2.84. The Labute approximate surface area is 95.0 Å². The maximum Gasteiger partial charge on any atom is 0.246 e. The Balaban J connectivity index is 1.89. The molecule has 0 amide bonds. The predicted molar refractivity (Wildman–Crippen MR) is 65.1 cm³/mol. The summed E-state index contributed by atoms with van der Waals surface area (Å²) in [6, 6.07) is 0. The van der Waals surface area contributed by atoms with Gasteiger partial charge in [0.05, 0.1) is 0 Å². The number of nitrogens with zero attached hydrogens (tertiary/aromatic N) is 3. The van der Waals surface area contributed by atoms with Crippen LogP contribution < -0.4 is 10.6 Å². The molecule has 1 aromatic heterocycles. The molecule has 0 aromatic carbocycles. The van der Waals surface area contributed by atoms with Gasteiger partial charge in [-0.3, -0.25) is 0 Å². The summed E-state index contributed by atoms with van der Waals surface area (Å²) in [7, 11) is 1.97. The third-order valence-corrected chi connectivity index (χ3v) is 2.84. The van der Waals surface area contributed by atoms with Crippen molar-refractivity contribution in [2.75, 3.05) is 24.2 Å². The average molecular weight is 219 g/mol. The van der Waals surface area contributed by atoms with Crippen molar-refractivity contribution in [2.45, 2.75) is 19.8 Å². The molecule has 1 aromatic rings. The molecule has 0 unspecified atom stereocenters. The summed E-state index contributed by atoms with van der Waals surface area (Å²) in [6.07, 6.45) is 6.61. The van der Waals surface area contributed by atoms with Crippen LogP contribution in [0.5, 0.6) is 0 Å². The Bertz CT molecular complexity index is 429. The van der Waals surface area contributed by atoms with Crippen molar-refractivity contribution in [1.82, 2.24) is 15.2 Å². The van der Waals surface area contributed by atoms with Crippen molar-refractivity contribution in [1.29, 1.82) is 0 Å². The molecule has 1 heterocycles. The topological polar surface area (TPSA) is 70.8 Å². The number of aromatic nitrogens is 3. The van der Waals surface area contributed by atoms with Gasteiger partial charge in [0.2, 0.25) is 11.9 Å². The highest BCUT2D eigenvalue weighted by molar-refractivity contribution is 5.37. The van der Waals surface area contributed by atoms with Crippen LogP contribution in [0.4, 0.5) is 11.9 Å². The van der Waals surface area contributed by atoms with Crippen molar-refractivity contribution in [2.24, 2.45) is 0 Å². The van der Waals surface area contributed by atoms with Crippen molar-refractivity contribution in [3.63, 3.8) is 0 Å². The van der Waals surface area contributed by atoms with Gasteiger partial charge in [0.1, 0.15) is 0 Å². The Kier molecular flexibility index (Phi) is 2.94. The second-order valence-corrected chi connectivity index (χ2v) is 4.04. The van der Waals surface area contributed by atoms with Gasteiger partial charge in [0, 0.05) is 13.6 Å². The quantitative estimate of drug-likeness (QED) is 0.804. The molecule has 2 rings (SSSR count). The number of hydrogen-bond donors (Lipinski definition) is 2. The van der Waals surface area contributed by atoms with Gasteiger partial charge in [-0.05, 0) is 25.3 Å². The van der Waals surface area contributed by atoms with Gasteiger partial charge in [-0.25, -0.2) is 5.10 Å². The molecule has 0 atom stereocenters. The van der Waals surface area contributed by atoms with Crippen LogP contribution in [0.25, 0.3) is 0 Å². The molecule has 86 valence electrons. The van der Waals surface area contributed by atoms with E-state index in [1.807, 2.05) is 11.9 Å². The summed E-state index contributed by atoms with van der Waals surface area (Å²) in [5.41, 5.74) is 8.30. The minimum Gasteiger partial charge on any atom is -0.368 e. The average Bonchev–Trinajstić information content (AvgIpc) is 2.84. The first-order valence-electron chi connectivity index (χ1n) is 5.42. The lowest BCUT2D eigenvalue weighted by Gasteiger charge is -2.15. The second-order valence-electron chi connectivity index (χ2n) is 4.04. The van der Waals surface area contributed by atoms with Crippen molar-refractivity contribution >= 4 is 11.9 Å². The maximum absolute atomic E-state index is 5.48. The minimum atomic E-state index is 0.359. The predicted octanol–water partition coefficient (Wildman–Crippen LogP) is 1.49. The minimum absolute atomic E-state index is 0.359. The Morgan fingerprint density at radius 1 is 1.50 bits per heavy atom. The van der Waals surface area contributed by atoms with Gasteiger partial charge >= 0.3 is 0 Å². The zero-order valence-electron chi connectivity index (χ0n) is 9.70. The van der Waals surface area contributed by atoms with E-state index in [9.17, 15) is 0 Å². The molecule has 0 aliphatic heterocycles. The molecule has 1 aliphatic carbocycles. The van der Waals surface area contributed by atoms with E-state index >= 15 is 0 Å². The fourth-order valence-corrected chi connectivity index (χ4v) is 1.79. The van der Waals surface area contributed by atoms with Crippen molar-refractivity contribution in [3.8, 4) is 0 Å².